The number of rotatable bonds is 9. The van der Waals surface area contributed by atoms with Crippen molar-refractivity contribution in [2.75, 3.05) is 43.9 Å². The van der Waals surface area contributed by atoms with Crippen molar-refractivity contribution >= 4 is 29.3 Å². The van der Waals surface area contributed by atoms with Gasteiger partial charge >= 0.3 is 0 Å². The zero-order valence-electron chi connectivity index (χ0n) is 17.0. The van der Waals surface area contributed by atoms with E-state index in [1.807, 2.05) is 47.4 Å². The molecule has 5 nitrogen and oxygen atoms in total. The molecule has 0 radical (unpaired) electrons. The van der Waals surface area contributed by atoms with E-state index in [2.05, 4.69) is 29.4 Å². The molecule has 2 aromatic carbocycles. The quantitative estimate of drug-likeness (QED) is 0.505. The molecule has 0 saturated carbocycles. The summed E-state index contributed by atoms with van der Waals surface area (Å²) in [5.41, 5.74) is 1.81. The van der Waals surface area contributed by atoms with Crippen LogP contribution in [0.3, 0.4) is 0 Å². The molecule has 2 amide bonds. The number of thioether (sulfide) groups is 1. The molecule has 1 fully saturated rings. The number of carbonyl (C=O) groups is 2. The van der Waals surface area contributed by atoms with E-state index in [-0.39, 0.29) is 11.8 Å². The van der Waals surface area contributed by atoms with Gasteiger partial charge in [0, 0.05) is 43.8 Å². The Morgan fingerprint density at radius 1 is 1.03 bits per heavy atom. The number of likely N-dealkylation sites (tertiary alicyclic amines) is 1. The molecule has 0 atom stereocenters. The molecule has 1 N–H and O–H groups in total. The summed E-state index contributed by atoms with van der Waals surface area (Å²) in [6.07, 6.45) is 3.05. The molecule has 1 heterocycles. The van der Waals surface area contributed by atoms with Gasteiger partial charge in [0.1, 0.15) is 0 Å². The summed E-state index contributed by atoms with van der Waals surface area (Å²) in [7, 11) is 2.06. The summed E-state index contributed by atoms with van der Waals surface area (Å²) >= 11 is 1.45. The second-order valence-electron chi connectivity index (χ2n) is 7.24. The maximum Gasteiger partial charge on any atom is 0.252 e. The third kappa shape index (κ3) is 6.26. The fourth-order valence-corrected chi connectivity index (χ4v) is 4.35. The molecule has 1 saturated heterocycles. The number of amides is 2. The van der Waals surface area contributed by atoms with Crippen LogP contribution in [0.1, 0.15) is 29.6 Å². The normalized spacial score (nSPS) is 13.3. The van der Waals surface area contributed by atoms with E-state index in [0.717, 1.165) is 43.8 Å². The van der Waals surface area contributed by atoms with E-state index in [1.54, 1.807) is 0 Å². The minimum Gasteiger partial charge on any atom is -0.375 e. The molecule has 1 aliphatic rings. The maximum absolute atomic E-state index is 12.6. The minimum absolute atomic E-state index is 0.0796. The Hall–Kier alpha value is -2.47. The first kappa shape index (κ1) is 21.2. The van der Waals surface area contributed by atoms with Gasteiger partial charge in [-0.3, -0.25) is 9.59 Å². The number of nitrogens with one attached hydrogen (secondary N) is 1. The van der Waals surface area contributed by atoms with Crippen molar-refractivity contribution in [1.29, 1.82) is 0 Å². The van der Waals surface area contributed by atoms with Gasteiger partial charge in [-0.1, -0.05) is 30.3 Å². The Balaban J connectivity index is 1.46. The highest BCUT2D eigenvalue weighted by atomic mass is 32.2. The van der Waals surface area contributed by atoms with Crippen LogP contribution in [-0.2, 0) is 4.79 Å². The zero-order valence-corrected chi connectivity index (χ0v) is 17.8. The van der Waals surface area contributed by atoms with Crippen molar-refractivity contribution in [3.63, 3.8) is 0 Å². The van der Waals surface area contributed by atoms with E-state index in [0.29, 0.717) is 17.9 Å². The molecule has 3 rings (SSSR count). The third-order valence-corrected chi connectivity index (χ3v) is 6.15. The van der Waals surface area contributed by atoms with Gasteiger partial charge in [-0.05, 0) is 43.5 Å². The average Bonchev–Trinajstić information content (AvgIpc) is 3.30. The van der Waals surface area contributed by atoms with Gasteiger partial charge in [0.2, 0.25) is 5.91 Å². The SMILES string of the molecule is CN(CCCNC(=O)c1ccccc1SCC(=O)N1CCCC1)c1ccccc1. The van der Waals surface area contributed by atoms with Gasteiger partial charge in [0.25, 0.3) is 5.91 Å². The minimum atomic E-state index is -0.0796. The summed E-state index contributed by atoms with van der Waals surface area (Å²) in [4.78, 5) is 29.9. The lowest BCUT2D eigenvalue weighted by Gasteiger charge is -2.19. The predicted octanol–water partition coefficient (Wildman–Crippen LogP) is 3.66. The van der Waals surface area contributed by atoms with Crippen LogP contribution in [0.4, 0.5) is 5.69 Å². The molecular formula is C23H29N3O2S. The second kappa shape index (κ2) is 10.9. The molecule has 0 spiro atoms. The van der Waals surface area contributed by atoms with Gasteiger partial charge in [-0.15, -0.1) is 11.8 Å². The molecule has 154 valence electrons. The predicted molar refractivity (Wildman–Crippen MR) is 120 cm³/mol. The van der Waals surface area contributed by atoms with Crippen molar-refractivity contribution in [2.45, 2.75) is 24.2 Å². The van der Waals surface area contributed by atoms with Crippen LogP contribution in [0.5, 0.6) is 0 Å². The molecule has 0 bridgehead atoms. The van der Waals surface area contributed by atoms with E-state index in [4.69, 9.17) is 0 Å². The first-order valence-electron chi connectivity index (χ1n) is 10.2. The highest BCUT2D eigenvalue weighted by Crippen LogP contribution is 2.23. The third-order valence-electron chi connectivity index (χ3n) is 5.09. The van der Waals surface area contributed by atoms with Crippen LogP contribution in [0.25, 0.3) is 0 Å². The summed E-state index contributed by atoms with van der Waals surface area (Å²) in [5.74, 6) is 0.461. The lowest BCUT2D eigenvalue weighted by molar-refractivity contribution is -0.127. The maximum atomic E-state index is 12.6. The fourth-order valence-electron chi connectivity index (χ4n) is 3.40. The van der Waals surface area contributed by atoms with Crippen LogP contribution < -0.4 is 10.2 Å². The fraction of sp³-hybridized carbons (Fsp3) is 0.391. The zero-order chi connectivity index (χ0) is 20.5. The molecule has 6 heteroatoms. The molecule has 1 aliphatic heterocycles. The molecular weight excluding hydrogens is 382 g/mol. The van der Waals surface area contributed by atoms with Crippen molar-refractivity contribution in [2.24, 2.45) is 0 Å². The number of benzene rings is 2. The van der Waals surface area contributed by atoms with Crippen molar-refractivity contribution < 1.29 is 9.59 Å². The summed E-state index contributed by atoms with van der Waals surface area (Å²) in [6.45, 7) is 3.20. The number of para-hydroxylation sites is 1. The molecule has 2 aromatic rings. The number of nitrogens with zero attached hydrogens (tertiary/aromatic N) is 2. The number of carbonyl (C=O) groups excluding carboxylic acids is 2. The Bertz CT molecular complexity index is 807. The standard InChI is InChI=1S/C23H29N3O2S/c1-25(19-10-3-2-4-11-19)15-9-14-24-23(28)20-12-5-6-13-21(20)29-18-22(27)26-16-7-8-17-26/h2-6,10-13H,7-9,14-18H2,1H3,(H,24,28). The van der Waals surface area contributed by atoms with Gasteiger partial charge in [-0.25, -0.2) is 0 Å². The van der Waals surface area contributed by atoms with Gasteiger partial charge in [0.05, 0.1) is 11.3 Å². The summed E-state index contributed by atoms with van der Waals surface area (Å²) in [6, 6.07) is 17.7. The van der Waals surface area contributed by atoms with Crippen LogP contribution >= 0.6 is 11.8 Å². The largest absolute Gasteiger partial charge is 0.375 e. The lowest BCUT2D eigenvalue weighted by atomic mass is 10.2. The summed E-state index contributed by atoms with van der Waals surface area (Å²) < 4.78 is 0. The van der Waals surface area contributed by atoms with Gasteiger partial charge in [-0.2, -0.15) is 0 Å². The molecule has 0 unspecified atom stereocenters. The van der Waals surface area contributed by atoms with E-state index < -0.39 is 0 Å². The van der Waals surface area contributed by atoms with E-state index in [1.165, 1.54) is 17.4 Å². The smallest absolute Gasteiger partial charge is 0.252 e. The van der Waals surface area contributed by atoms with Gasteiger partial charge < -0.3 is 15.1 Å². The van der Waals surface area contributed by atoms with Crippen molar-refractivity contribution in [3.05, 3.63) is 60.2 Å². The first-order valence-corrected chi connectivity index (χ1v) is 11.2. The van der Waals surface area contributed by atoms with Gasteiger partial charge in [0.15, 0.2) is 0 Å². The van der Waals surface area contributed by atoms with Crippen LogP contribution in [-0.4, -0.2) is 55.7 Å². The molecule has 0 aliphatic carbocycles. The number of hydrogen-bond acceptors (Lipinski definition) is 4. The Morgan fingerprint density at radius 3 is 2.48 bits per heavy atom. The van der Waals surface area contributed by atoms with Crippen LogP contribution in [0.2, 0.25) is 0 Å². The highest BCUT2D eigenvalue weighted by Gasteiger charge is 2.19. The average molecular weight is 412 g/mol. The van der Waals surface area contributed by atoms with E-state index >= 15 is 0 Å². The van der Waals surface area contributed by atoms with Crippen molar-refractivity contribution in [3.8, 4) is 0 Å². The Labute approximate surface area is 177 Å². The Kier molecular flexibility index (Phi) is 7.99. The van der Waals surface area contributed by atoms with Crippen molar-refractivity contribution in [1.82, 2.24) is 10.2 Å². The topological polar surface area (TPSA) is 52.7 Å². The molecule has 29 heavy (non-hydrogen) atoms. The first-order chi connectivity index (χ1) is 14.1. The second-order valence-corrected chi connectivity index (χ2v) is 8.26. The van der Waals surface area contributed by atoms with E-state index in [9.17, 15) is 9.59 Å². The summed E-state index contributed by atoms with van der Waals surface area (Å²) in [5, 5.41) is 3.01. The van der Waals surface area contributed by atoms with Crippen LogP contribution in [0, 0.1) is 0 Å². The Morgan fingerprint density at radius 2 is 1.72 bits per heavy atom. The number of hydrogen-bond donors (Lipinski definition) is 1. The number of anilines is 1. The highest BCUT2D eigenvalue weighted by molar-refractivity contribution is 8.00. The van der Waals surface area contributed by atoms with Crippen LogP contribution in [0.15, 0.2) is 59.5 Å². The monoisotopic (exact) mass is 411 g/mol. The lowest BCUT2D eigenvalue weighted by Crippen LogP contribution is -2.29. The molecule has 0 aromatic heterocycles.